The fourth-order valence-corrected chi connectivity index (χ4v) is 5.19. The summed E-state index contributed by atoms with van der Waals surface area (Å²) in [6, 6.07) is 6.26. The van der Waals surface area contributed by atoms with Crippen molar-refractivity contribution < 1.29 is 39.9 Å². The lowest BCUT2D eigenvalue weighted by molar-refractivity contribution is -0.137. The molecule has 0 amide bonds. The Balaban J connectivity index is 2.42. The predicted molar refractivity (Wildman–Crippen MR) is 109 cm³/mol. The average molecular weight is 494 g/mol. The molecular formula is C19H15F5N2O4S2. The second kappa shape index (κ2) is 9.06. The normalized spacial score (nSPS) is 15.7. The standard InChI is InChI=1S/C19H15F5N2O4S2/c1-2-31-18(27)30-15-12-7-5-9-25-17(12)26(10-14(20)21)32(28,29)16(15)11-6-3-4-8-13(11)19(22,23)24/h3-9,14H,2,10H2,1H3. The van der Waals surface area contributed by atoms with Gasteiger partial charge < -0.3 is 4.74 Å². The van der Waals surface area contributed by atoms with Gasteiger partial charge in [-0.1, -0.05) is 25.1 Å². The van der Waals surface area contributed by atoms with E-state index in [0.717, 1.165) is 24.4 Å². The first kappa shape index (κ1) is 24.0. The third-order valence-corrected chi connectivity index (χ3v) is 6.68. The summed E-state index contributed by atoms with van der Waals surface area (Å²) in [7, 11) is -5.03. The van der Waals surface area contributed by atoms with E-state index < -0.39 is 62.1 Å². The first-order chi connectivity index (χ1) is 15.0. The number of pyridine rings is 1. The fourth-order valence-electron chi connectivity index (χ4n) is 3.07. The molecule has 6 nitrogen and oxygen atoms in total. The fraction of sp³-hybridized carbons (Fsp3) is 0.263. The monoisotopic (exact) mass is 494 g/mol. The zero-order chi connectivity index (χ0) is 23.7. The van der Waals surface area contributed by atoms with Crippen molar-refractivity contribution in [1.29, 1.82) is 0 Å². The number of benzene rings is 1. The molecule has 2 aromatic rings. The maximum absolute atomic E-state index is 13.7. The maximum atomic E-state index is 13.7. The molecule has 1 aliphatic rings. The van der Waals surface area contributed by atoms with Gasteiger partial charge >= 0.3 is 11.5 Å². The van der Waals surface area contributed by atoms with Crippen molar-refractivity contribution in [2.75, 3.05) is 16.6 Å². The number of nitrogens with zero attached hydrogens (tertiary/aromatic N) is 2. The van der Waals surface area contributed by atoms with Gasteiger partial charge in [-0.3, -0.25) is 0 Å². The number of aromatic nitrogens is 1. The van der Waals surface area contributed by atoms with E-state index in [2.05, 4.69) is 4.98 Å². The summed E-state index contributed by atoms with van der Waals surface area (Å²) >= 11 is 0.652. The predicted octanol–water partition coefficient (Wildman–Crippen LogP) is 5.23. The molecule has 172 valence electrons. The average Bonchev–Trinajstić information content (AvgIpc) is 2.70. The Kier molecular flexibility index (Phi) is 6.79. The van der Waals surface area contributed by atoms with E-state index in [4.69, 9.17) is 4.74 Å². The molecule has 0 spiro atoms. The highest BCUT2D eigenvalue weighted by Gasteiger charge is 2.45. The summed E-state index contributed by atoms with van der Waals surface area (Å²) in [5.74, 6) is -0.948. The Labute approximate surface area is 184 Å². The third-order valence-electron chi connectivity index (χ3n) is 4.25. The van der Waals surface area contributed by atoms with Gasteiger partial charge in [0.05, 0.1) is 17.7 Å². The highest BCUT2D eigenvalue weighted by atomic mass is 32.2. The van der Waals surface area contributed by atoms with Crippen molar-refractivity contribution in [3.05, 3.63) is 59.3 Å². The number of sulfonamides is 1. The van der Waals surface area contributed by atoms with Gasteiger partial charge in [0.2, 0.25) is 0 Å². The molecule has 2 heterocycles. The molecule has 32 heavy (non-hydrogen) atoms. The highest BCUT2D eigenvalue weighted by molar-refractivity contribution is 8.13. The molecule has 3 rings (SSSR count). The van der Waals surface area contributed by atoms with E-state index >= 15 is 0 Å². The van der Waals surface area contributed by atoms with E-state index in [-0.39, 0.29) is 15.6 Å². The van der Waals surface area contributed by atoms with Crippen LogP contribution in [0.4, 0.5) is 32.6 Å². The first-order valence-corrected chi connectivity index (χ1v) is 11.4. The lowest BCUT2D eigenvalue weighted by atomic mass is 10.0. The summed E-state index contributed by atoms with van der Waals surface area (Å²) in [4.78, 5) is 15.0. The molecular weight excluding hydrogens is 479 g/mol. The molecule has 0 saturated heterocycles. The van der Waals surface area contributed by atoms with Crippen molar-refractivity contribution in [3.63, 3.8) is 0 Å². The molecule has 1 aliphatic heterocycles. The minimum atomic E-state index is -5.03. The summed E-state index contributed by atoms with van der Waals surface area (Å²) in [6.07, 6.45) is -7.00. The Morgan fingerprint density at radius 1 is 1.16 bits per heavy atom. The Bertz CT molecular complexity index is 1170. The number of thioether (sulfide) groups is 1. The van der Waals surface area contributed by atoms with Gasteiger partial charge in [-0.2, -0.15) is 13.2 Å². The molecule has 0 bridgehead atoms. The van der Waals surface area contributed by atoms with Crippen LogP contribution in [0.5, 0.6) is 0 Å². The number of ether oxygens (including phenoxy) is 1. The van der Waals surface area contributed by atoms with Crippen molar-refractivity contribution in [1.82, 2.24) is 4.98 Å². The summed E-state index contributed by atoms with van der Waals surface area (Å²) in [6.45, 7) is 0.257. The van der Waals surface area contributed by atoms with E-state index in [9.17, 15) is 35.2 Å². The molecule has 0 saturated carbocycles. The van der Waals surface area contributed by atoms with Crippen LogP contribution in [-0.4, -0.2) is 37.4 Å². The molecule has 0 aliphatic carbocycles. The lowest BCUT2D eigenvalue weighted by Gasteiger charge is -2.32. The van der Waals surface area contributed by atoms with E-state index in [1.165, 1.54) is 12.1 Å². The van der Waals surface area contributed by atoms with Gasteiger partial charge in [-0.15, -0.1) is 0 Å². The van der Waals surface area contributed by atoms with Crippen LogP contribution >= 0.6 is 11.8 Å². The number of hydrogen-bond acceptors (Lipinski definition) is 6. The molecule has 0 radical (unpaired) electrons. The number of rotatable bonds is 5. The van der Waals surface area contributed by atoms with Crippen molar-refractivity contribution in [3.8, 4) is 0 Å². The van der Waals surface area contributed by atoms with Crippen LogP contribution in [0, 0.1) is 0 Å². The number of carbonyl (C=O) groups is 1. The second-order valence-corrected chi connectivity index (χ2v) is 9.29. The minimum Gasteiger partial charge on any atom is -0.416 e. The minimum absolute atomic E-state index is 0.208. The number of halogens is 5. The van der Waals surface area contributed by atoms with Crippen LogP contribution in [0.15, 0.2) is 42.6 Å². The number of anilines is 1. The van der Waals surface area contributed by atoms with Crippen molar-refractivity contribution >= 4 is 43.6 Å². The van der Waals surface area contributed by atoms with Crippen molar-refractivity contribution in [2.24, 2.45) is 0 Å². The number of hydrogen-bond donors (Lipinski definition) is 0. The van der Waals surface area contributed by atoms with Crippen LogP contribution < -0.4 is 4.31 Å². The number of alkyl halides is 5. The largest absolute Gasteiger partial charge is 0.417 e. The Morgan fingerprint density at radius 2 is 1.81 bits per heavy atom. The van der Waals surface area contributed by atoms with E-state index in [0.29, 0.717) is 17.8 Å². The topological polar surface area (TPSA) is 76.6 Å². The van der Waals surface area contributed by atoms with Gasteiger partial charge in [-0.05, 0) is 30.0 Å². The van der Waals surface area contributed by atoms with E-state index in [1.54, 1.807) is 6.92 Å². The van der Waals surface area contributed by atoms with Crippen LogP contribution in [0.2, 0.25) is 0 Å². The Morgan fingerprint density at radius 3 is 2.44 bits per heavy atom. The second-order valence-electron chi connectivity index (χ2n) is 6.29. The third kappa shape index (κ3) is 4.58. The zero-order valence-corrected chi connectivity index (χ0v) is 17.9. The molecule has 13 heteroatoms. The number of carbonyl (C=O) groups excluding carboxylic acids is 1. The van der Waals surface area contributed by atoms with Gasteiger partial charge in [-0.25, -0.2) is 31.3 Å². The summed E-state index contributed by atoms with van der Waals surface area (Å²) in [5, 5.41) is -0.975. The quantitative estimate of drug-likeness (QED) is 0.419. The van der Waals surface area contributed by atoms with Crippen LogP contribution in [0.25, 0.3) is 10.7 Å². The van der Waals surface area contributed by atoms with Gasteiger partial charge in [0.15, 0.2) is 11.6 Å². The van der Waals surface area contributed by atoms with E-state index in [1.807, 2.05) is 0 Å². The first-order valence-electron chi connectivity index (χ1n) is 9.00. The highest BCUT2D eigenvalue weighted by Crippen LogP contribution is 2.46. The van der Waals surface area contributed by atoms with Crippen molar-refractivity contribution in [2.45, 2.75) is 19.5 Å². The molecule has 0 unspecified atom stereocenters. The van der Waals surface area contributed by atoms with Gasteiger partial charge in [0.25, 0.3) is 16.4 Å². The summed E-state index contributed by atoms with van der Waals surface area (Å²) < 4.78 is 99.7. The zero-order valence-electron chi connectivity index (χ0n) is 16.3. The van der Waals surface area contributed by atoms with Crippen LogP contribution in [0.1, 0.15) is 23.6 Å². The van der Waals surface area contributed by atoms with Crippen LogP contribution in [0.3, 0.4) is 0 Å². The SMILES string of the molecule is CCSC(=O)OC1=C(c2ccccc2C(F)(F)F)S(=O)(=O)N(CC(F)F)c2ncccc21. The lowest BCUT2D eigenvalue weighted by Crippen LogP contribution is -2.40. The molecule has 1 aromatic carbocycles. The van der Waals surface area contributed by atoms with Crippen LogP contribution in [-0.2, 0) is 20.9 Å². The maximum Gasteiger partial charge on any atom is 0.417 e. The van der Waals surface area contributed by atoms with Gasteiger partial charge in [0.1, 0.15) is 4.91 Å². The molecule has 0 atom stereocenters. The smallest absolute Gasteiger partial charge is 0.416 e. The summed E-state index contributed by atoms with van der Waals surface area (Å²) in [5.41, 5.74) is -2.38. The number of fused-ring (bicyclic) bond motifs is 1. The molecule has 0 fully saturated rings. The van der Waals surface area contributed by atoms with Gasteiger partial charge in [0, 0.05) is 17.5 Å². The molecule has 1 aromatic heterocycles. The Hall–Kier alpha value is -2.67. The molecule has 0 N–H and O–H groups in total.